The molecular weight excluding hydrogens is 210 g/mol. The summed E-state index contributed by atoms with van der Waals surface area (Å²) in [7, 11) is 0. The van der Waals surface area contributed by atoms with Gasteiger partial charge in [-0.05, 0) is 67.3 Å². The lowest BCUT2D eigenvalue weighted by Crippen LogP contribution is -2.48. The smallest absolute Gasteiger partial charge is 0.219 e. The average Bonchev–Trinajstić information content (AvgIpc) is 2.27. The molecule has 0 atom stereocenters. The molecule has 0 saturated heterocycles. The van der Waals surface area contributed by atoms with Gasteiger partial charge in [0.1, 0.15) is 0 Å². The van der Waals surface area contributed by atoms with Gasteiger partial charge in [0.05, 0.1) is 0 Å². The molecule has 0 unspecified atom stereocenters. The van der Waals surface area contributed by atoms with Crippen LogP contribution in [0.15, 0.2) is 12.4 Å². The van der Waals surface area contributed by atoms with E-state index in [-0.39, 0.29) is 0 Å². The van der Waals surface area contributed by atoms with E-state index >= 15 is 0 Å². The molecule has 3 heteroatoms. The highest BCUT2D eigenvalue weighted by Gasteiger charge is 2.51. The maximum absolute atomic E-state index is 5.60. The molecule has 4 saturated carbocycles. The van der Waals surface area contributed by atoms with Crippen LogP contribution in [0, 0.1) is 17.8 Å². The summed E-state index contributed by atoms with van der Waals surface area (Å²) in [6.07, 6.45) is 12.5. The highest BCUT2D eigenvalue weighted by molar-refractivity contribution is 5.27. The van der Waals surface area contributed by atoms with Crippen LogP contribution in [-0.4, -0.2) is 9.97 Å². The van der Waals surface area contributed by atoms with Crippen LogP contribution >= 0.6 is 0 Å². The summed E-state index contributed by atoms with van der Waals surface area (Å²) in [5.41, 5.74) is 7.35. The molecule has 17 heavy (non-hydrogen) atoms. The van der Waals surface area contributed by atoms with Crippen LogP contribution in [0.4, 0.5) is 5.95 Å². The minimum absolute atomic E-state index is 0.401. The first kappa shape index (κ1) is 9.86. The summed E-state index contributed by atoms with van der Waals surface area (Å²) < 4.78 is 0. The van der Waals surface area contributed by atoms with E-state index in [0.717, 1.165) is 17.8 Å². The molecule has 4 bridgehead atoms. The third kappa shape index (κ3) is 1.41. The maximum Gasteiger partial charge on any atom is 0.219 e. The number of hydrogen-bond acceptors (Lipinski definition) is 3. The molecule has 1 aromatic heterocycles. The number of rotatable bonds is 1. The number of nitrogens with zero attached hydrogens (tertiary/aromatic N) is 2. The minimum atomic E-state index is 0.401. The molecular formula is C14H19N3. The van der Waals surface area contributed by atoms with Crippen molar-refractivity contribution in [2.75, 3.05) is 5.73 Å². The van der Waals surface area contributed by atoms with Crippen molar-refractivity contribution in [3.8, 4) is 0 Å². The highest BCUT2D eigenvalue weighted by Crippen LogP contribution is 2.60. The van der Waals surface area contributed by atoms with E-state index in [9.17, 15) is 0 Å². The molecule has 4 aliphatic rings. The first-order valence-corrected chi connectivity index (χ1v) is 6.81. The fraction of sp³-hybridized carbons (Fsp3) is 0.714. The van der Waals surface area contributed by atoms with E-state index < -0.39 is 0 Å². The summed E-state index contributed by atoms with van der Waals surface area (Å²) >= 11 is 0. The van der Waals surface area contributed by atoms with Gasteiger partial charge < -0.3 is 5.73 Å². The molecule has 2 N–H and O–H groups in total. The Morgan fingerprint density at radius 1 is 0.941 bits per heavy atom. The van der Waals surface area contributed by atoms with Gasteiger partial charge in [0.15, 0.2) is 0 Å². The van der Waals surface area contributed by atoms with Crippen LogP contribution in [0.5, 0.6) is 0 Å². The second kappa shape index (κ2) is 3.21. The molecule has 0 amide bonds. The predicted octanol–water partition coefficient (Wildman–Crippen LogP) is 2.53. The predicted molar refractivity (Wildman–Crippen MR) is 66.3 cm³/mol. The molecule has 0 spiro atoms. The van der Waals surface area contributed by atoms with Crippen LogP contribution in [-0.2, 0) is 5.41 Å². The molecule has 4 aliphatic carbocycles. The quantitative estimate of drug-likeness (QED) is 0.805. The highest BCUT2D eigenvalue weighted by atomic mass is 15.0. The Hall–Kier alpha value is -1.12. The van der Waals surface area contributed by atoms with Crippen LogP contribution < -0.4 is 5.73 Å². The number of nitrogens with two attached hydrogens (primary N) is 1. The lowest BCUT2D eigenvalue weighted by Gasteiger charge is -2.56. The summed E-state index contributed by atoms with van der Waals surface area (Å²) in [5, 5.41) is 0. The molecule has 4 fully saturated rings. The normalized spacial score (nSPS) is 42.9. The molecule has 1 heterocycles. The van der Waals surface area contributed by atoms with E-state index in [1.807, 2.05) is 12.4 Å². The Morgan fingerprint density at radius 3 is 1.88 bits per heavy atom. The summed E-state index contributed by atoms with van der Waals surface area (Å²) in [5.74, 6) is 3.31. The van der Waals surface area contributed by atoms with E-state index in [1.54, 1.807) is 0 Å². The van der Waals surface area contributed by atoms with Crippen molar-refractivity contribution in [1.29, 1.82) is 0 Å². The summed E-state index contributed by atoms with van der Waals surface area (Å²) in [6.45, 7) is 0. The number of nitrogen functional groups attached to an aromatic ring is 1. The van der Waals surface area contributed by atoms with E-state index in [4.69, 9.17) is 5.73 Å². The maximum atomic E-state index is 5.60. The Labute approximate surface area is 102 Å². The van der Waals surface area contributed by atoms with Crippen molar-refractivity contribution >= 4 is 5.95 Å². The van der Waals surface area contributed by atoms with E-state index in [1.165, 1.54) is 44.1 Å². The van der Waals surface area contributed by atoms with Gasteiger partial charge in [-0.25, -0.2) is 9.97 Å². The average molecular weight is 229 g/mol. The van der Waals surface area contributed by atoms with Crippen LogP contribution in [0.2, 0.25) is 0 Å². The van der Waals surface area contributed by atoms with Crippen molar-refractivity contribution in [2.24, 2.45) is 17.8 Å². The molecule has 90 valence electrons. The second-order valence-electron chi connectivity index (χ2n) is 6.53. The van der Waals surface area contributed by atoms with Gasteiger partial charge in [-0.2, -0.15) is 0 Å². The molecule has 0 radical (unpaired) electrons. The largest absolute Gasteiger partial charge is 0.368 e. The van der Waals surface area contributed by atoms with Crippen LogP contribution in [0.3, 0.4) is 0 Å². The molecule has 1 aromatic rings. The fourth-order valence-electron chi connectivity index (χ4n) is 5.08. The van der Waals surface area contributed by atoms with Gasteiger partial charge in [-0.3, -0.25) is 0 Å². The Kier molecular flexibility index (Phi) is 1.86. The Balaban J connectivity index is 1.74. The van der Waals surface area contributed by atoms with Crippen molar-refractivity contribution < 1.29 is 0 Å². The Morgan fingerprint density at radius 2 is 1.41 bits per heavy atom. The number of aromatic nitrogens is 2. The second-order valence-corrected chi connectivity index (χ2v) is 6.53. The molecule has 0 aromatic carbocycles. The summed E-state index contributed by atoms with van der Waals surface area (Å²) in [4.78, 5) is 8.41. The standard InChI is InChI=1S/C14H19N3/c15-13-16-7-12(8-17-13)14-4-9-1-10(5-14)3-11(2-9)6-14/h7-11H,1-6H2,(H2,15,16,17). The van der Waals surface area contributed by atoms with Crippen molar-refractivity contribution in [1.82, 2.24) is 9.97 Å². The van der Waals surface area contributed by atoms with Crippen molar-refractivity contribution in [2.45, 2.75) is 43.9 Å². The lowest BCUT2D eigenvalue weighted by atomic mass is 9.48. The SMILES string of the molecule is Nc1ncc(C23CC4CC(CC(C4)C2)C3)cn1. The van der Waals surface area contributed by atoms with E-state index in [0.29, 0.717) is 11.4 Å². The van der Waals surface area contributed by atoms with Gasteiger partial charge in [-0.1, -0.05) is 0 Å². The first-order valence-electron chi connectivity index (χ1n) is 6.81. The van der Waals surface area contributed by atoms with Gasteiger partial charge in [0.2, 0.25) is 5.95 Å². The third-order valence-corrected chi connectivity index (χ3v) is 5.32. The minimum Gasteiger partial charge on any atom is -0.368 e. The van der Waals surface area contributed by atoms with Crippen molar-refractivity contribution in [3.05, 3.63) is 18.0 Å². The zero-order valence-corrected chi connectivity index (χ0v) is 10.1. The number of anilines is 1. The molecule has 0 aliphatic heterocycles. The zero-order valence-electron chi connectivity index (χ0n) is 10.1. The van der Waals surface area contributed by atoms with Crippen molar-refractivity contribution in [3.63, 3.8) is 0 Å². The van der Waals surface area contributed by atoms with Gasteiger partial charge >= 0.3 is 0 Å². The monoisotopic (exact) mass is 229 g/mol. The lowest BCUT2D eigenvalue weighted by molar-refractivity contribution is -0.00548. The molecule has 5 rings (SSSR count). The van der Waals surface area contributed by atoms with Gasteiger partial charge in [0, 0.05) is 12.4 Å². The van der Waals surface area contributed by atoms with E-state index in [2.05, 4.69) is 9.97 Å². The number of hydrogen-bond donors (Lipinski definition) is 1. The zero-order chi connectivity index (χ0) is 11.5. The van der Waals surface area contributed by atoms with Crippen LogP contribution in [0.25, 0.3) is 0 Å². The third-order valence-electron chi connectivity index (χ3n) is 5.32. The van der Waals surface area contributed by atoms with Gasteiger partial charge in [0.25, 0.3) is 0 Å². The summed E-state index contributed by atoms with van der Waals surface area (Å²) in [6, 6.07) is 0. The topological polar surface area (TPSA) is 51.8 Å². The molecule has 3 nitrogen and oxygen atoms in total. The van der Waals surface area contributed by atoms with Crippen LogP contribution in [0.1, 0.15) is 44.1 Å². The van der Waals surface area contributed by atoms with Gasteiger partial charge in [-0.15, -0.1) is 0 Å². The Bertz CT molecular complexity index is 402. The first-order chi connectivity index (χ1) is 8.23. The fourth-order valence-corrected chi connectivity index (χ4v) is 5.08.